The molecule has 0 amide bonds. The average Bonchev–Trinajstić information content (AvgIpc) is 2.27. The fraction of sp³-hybridized carbons (Fsp3) is 0.500. The normalized spacial score (nSPS) is 12.7. The van der Waals surface area contributed by atoms with Gasteiger partial charge >= 0.3 is 0 Å². The molecule has 0 saturated heterocycles. The van der Waals surface area contributed by atoms with Gasteiger partial charge in [-0.3, -0.25) is 0 Å². The van der Waals surface area contributed by atoms with E-state index < -0.39 is 6.10 Å². The lowest BCUT2D eigenvalue weighted by Gasteiger charge is -2.18. The van der Waals surface area contributed by atoms with Crippen molar-refractivity contribution in [3.05, 3.63) is 23.8 Å². The number of ether oxygens (including phenoxy) is 2. The molecule has 15 heavy (non-hydrogen) atoms. The highest BCUT2D eigenvalue weighted by molar-refractivity contribution is 5.42. The maximum absolute atomic E-state index is 9.95. The third-order valence-electron chi connectivity index (χ3n) is 2.39. The van der Waals surface area contributed by atoms with E-state index in [2.05, 4.69) is 0 Å². The molecule has 0 aliphatic heterocycles. The topological polar surface area (TPSA) is 38.7 Å². The van der Waals surface area contributed by atoms with Crippen molar-refractivity contribution in [3.63, 3.8) is 0 Å². The van der Waals surface area contributed by atoms with Gasteiger partial charge < -0.3 is 14.6 Å². The van der Waals surface area contributed by atoms with Crippen LogP contribution >= 0.6 is 0 Å². The Morgan fingerprint density at radius 3 is 2.27 bits per heavy atom. The van der Waals surface area contributed by atoms with Crippen LogP contribution in [0.1, 0.15) is 25.5 Å². The molecule has 84 valence electrons. The summed E-state index contributed by atoms with van der Waals surface area (Å²) in [5, 5.41) is 9.95. The summed E-state index contributed by atoms with van der Waals surface area (Å²) in [6.07, 6.45) is -0.508. The standard InChI is InChI=1S/C12H18O3/c1-8(2)12(13)10-6-5-9(14-3)7-11(10)15-4/h5-8,12-13H,1-4H3. The molecular formula is C12H18O3. The van der Waals surface area contributed by atoms with Gasteiger partial charge in [0.05, 0.1) is 20.3 Å². The molecule has 0 aliphatic carbocycles. The fourth-order valence-electron chi connectivity index (χ4n) is 1.42. The summed E-state index contributed by atoms with van der Waals surface area (Å²) in [5.41, 5.74) is 0.799. The highest BCUT2D eigenvalue weighted by atomic mass is 16.5. The SMILES string of the molecule is COc1ccc(C(O)C(C)C)c(OC)c1. The van der Waals surface area contributed by atoms with Crippen molar-refractivity contribution in [2.75, 3.05) is 14.2 Å². The number of rotatable bonds is 4. The maximum Gasteiger partial charge on any atom is 0.128 e. The van der Waals surface area contributed by atoms with Gasteiger partial charge in [-0.05, 0) is 18.1 Å². The first-order chi connectivity index (χ1) is 7.10. The molecule has 1 aromatic rings. The van der Waals surface area contributed by atoms with E-state index in [1.54, 1.807) is 20.3 Å². The predicted molar refractivity (Wildman–Crippen MR) is 59.3 cm³/mol. The number of hydrogen-bond acceptors (Lipinski definition) is 3. The highest BCUT2D eigenvalue weighted by Crippen LogP contribution is 2.32. The molecule has 0 fully saturated rings. The van der Waals surface area contributed by atoms with E-state index in [4.69, 9.17) is 9.47 Å². The van der Waals surface area contributed by atoms with E-state index in [0.717, 1.165) is 11.3 Å². The van der Waals surface area contributed by atoms with Gasteiger partial charge in [0.1, 0.15) is 11.5 Å². The lowest BCUT2D eigenvalue weighted by Crippen LogP contribution is -2.07. The minimum Gasteiger partial charge on any atom is -0.497 e. The van der Waals surface area contributed by atoms with E-state index >= 15 is 0 Å². The summed E-state index contributed by atoms with van der Waals surface area (Å²) < 4.78 is 10.3. The van der Waals surface area contributed by atoms with Crippen LogP contribution in [0.3, 0.4) is 0 Å². The van der Waals surface area contributed by atoms with Crippen molar-refractivity contribution in [2.24, 2.45) is 5.92 Å². The molecule has 1 atom stereocenters. The second-order valence-electron chi connectivity index (χ2n) is 3.80. The molecular weight excluding hydrogens is 192 g/mol. The highest BCUT2D eigenvalue weighted by Gasteiger charge is 2.17. The van der Waals surface area contributed by atoms with Crippen LogP contribution in [-0.2, 0) is 0 Å². The van der Waals surface area contributed by atoms with Crippen molar-refractivity contribution in [3.8, 4) is 11.5 Å². The van der Waals surface area contributed by atoms with Crippen LogP contribution in [0.25, 0.3) is 0 Å². The van der Waals surface area contributed by atoms with Crippen molar-refractivity contribution < 1.29 is 14.6 Å². The van der Waals surface area contributed by atoms with Crippen molar-refractivity contribution in [1.82, 2.24) is 0 Å². The molecule has 0 spiro atoms. The molecule has 1 N–H and O–H groups in total. The summed E-state index contributed by atoms with van der Waals surface area (Å²) in [7, 11) is 3.19. The first-order valence-corrected chi connectivity index (χ1v) is 5.00. The van der Waals surface area contributed by atoms with Crippen molar-refractivity contribution >= 4 is 0 Å². The third kappa shape index (κ3) is 2.63. The molecule has 1 unspecified atom stereocenters. The van der Waals surface area contributed by atoms with E-state index in [1.807, 2.05) is 26.0 Å². The van der Waals surface area contributed by atoms with Gasteiger partial charge in [-0.25, -0.2) is 0 Å². The minimum absolute atomic E-state index is 0.160. The largest absolute Gasteiger partial charge is 0.497 e. The summed E-state index contributed by atoms with van der Waals surface area (Å²) in [6, 6.07) is 5.44. The minimum atomic E-state index is -0.508. The number of benzene rings is 1. The molecule has 0 aliphatic rings. The second kappa shape index (κ2) is 5.03. The quantitative estimate of drug-likeness (QED) is 0.829. The molecule has 3 nitrogen and oxygen atoms in total. The van der Waals surface area contributed by atoms with Crippen LogP contribution < -0.4 is 9.47 Å². The lowest BCUT2D eigenvalue weighted by molar-refractivity contribution is 0.123. The van der Waals surface area contributed by atoms with Gasteiger partial charge in [-0.15, -0.1) is 0 Å². The smallest absolute Gasteiger partial charge is 0.128 e. The van der Waals surface area contributed by atoms with Gasteiger partial charge in [0, 0.05) is 11.6 Å². The second-order valence-corrected chi connectivity index (χ2v) is 3.80. The van der Waals surface area contributed by atoms with E-state index in [0.29, 0.717) is 5.75 Å². The summed E-state index contributed by atoms with van der Waals surface area (Å²) in [6.45, 7) is 3.93. The maximum atomic E-state index is 9.95. The van der Waals surface area contributed by atoms with Crippen molar-refractivity contribution in [2.45, 2.75) is 20.0 Å². The van der Waals surface area contributed by atoms with Crippen LogP contribution in [0.5, 0.6) is 11.5 Å². The van der Waals surface area contributed by atoms with Crippen molar-refractivity contribution in [1.29, 1.82) is 0 Å². The molecule has 0 saturated carbocycles. The van der Waals surface area contributed by atoms with Gasteiger partial charge in [-0.2, -0.15) is 0 Å². The van der Waals surface area contributed by atoms with E-state index in [1.165, 1.54) is 0 Å². The Labute approximate surface area is 90.6 Å². The lowest BCUT2D eigenvalue weighted by atomic mass is 9.98. The third-order valence-corrected chi connectivity index (χ3v) is 2.39. The van der Waals surface area contributed by atoms with E-state index in [9.17, 15) is 5.11 Å². The fourth-order valence-corrected chi connectivity index (χ4v) is 1.42. The molecule has 0 bridgehead atoms. The first kappa shape index (κ1) is 11.9. The zero-order chi connectivity index (χ0) is 11.4. The molecule has 1 aromatic carbocycles. The van der Waals surface area contributed by atoms with Crippen LogP contribution in [-0.4, -0.2) is 19.3 Å². The molecule has 0 heterocycles. The Morgan fingerprint density at radius 2 is 1.80 bits per heavy atom. The predicted octanol–water partition coefficient (Wildman–Crippen LogP) is 2.39. The van der Waals surface area contributed by atoms with Gasteiger partial charge in [0.25, 0.3) is 0 Å². The van der Waals surface area contributed by atoms with Crippen LogP contribution in [0.4, 0.5) is 0 Å². The Morgan fingerprint density at radius 1 is 1.13 bits per heavy atom. The summed E-state index contributed by atoms with van der Waals surface area (Å²) in [5.74, 6) is 1.55. The number of aliphatic hydroxyl groups is 1. The Bertz CT molecular complexity index is 321. The average molecular weight is 210 g/mol. The Kier molecular flexibility index (Phi) is 3.97. The van der Waals surface area contributed by atoms with E-state index in [-0.39, 0.29) is 5.92 Å². The van der Waals surface area contributed by atoms with Crippen LogP contribution in [0.15, 0.2) is 18.2 Å². The Balaban J connectivity index is 3.07. The number of aliphatic hydroxyl groups excluding tert-OH is 1. The van der Waals surface area contributed by atoms with Crippen LogP contribution in [0, 0.1) is 5.92 Å². The van der Waals surface area contributed by atoms with Gasteiger partial charge in [-0.1, -0.05) is 13.8 Å². The van der Waals surface area contributed by atoms with Gasteiger partial charge in [0.2, 0.25) is 0 Å². The summed E-state index contributed by atoms with van der Waals surface area (Å²) in [4.78, 5) is 0. The molecule has 3 heteroatoms. The summed E-state index contributed by atoms with van der Waals surface area (Å²) >= 11 is 0. The van der Waals surface area contributed by atoms with Crippen LogP contribution in [0.2, 0.25) is 0 Å². The Hall–Kier alpha value is -1.22. The zero-order valence-corrected chi connectivity index (χ0v) is 9.65. The number of hydrogen-bond donors (Lipinski definition) is 1. The number of methoxy groups -OCH3 is 2. The zero-order valence-electron chi connectivity index (χ0n) is 9.65. The molecule has 1 rings (SSSR count). The van der Waals surface area contributed by atoms with Gasteiger partial charge in [0.15, 0.2) is 0 Å². The molecule has 0 radical (unpaired) electrons. The monoisotopic (exact) mass is 210 g/mol. The first-order valence-electron chi connectivity index (χ1n) is 5.00. The molecule has 0 aromatic heterocycles.